The van der Waals surface area contributed by atoms with Gasteiger partial charge < -0.3 is 20.9 Å². The fourth-order valence-electron chi connectivity index (χ4n) is 5.21. The van der Waals surface area contributed by atoms with Gasteiger partial charge in [-0.15, -0.1) is 0 Å². The Kier molecular flexibility index (Phi) is 9.68. The van der Waals surface area contributed by atoms with Crippen molar-refractivity contribution < 1.29 is 37.0 Å². The van der Waals surface area contributed by atoms with Crippen LogP contribution in [0, 0.1) is 15.2 Å². The number of alkyl halides is 2. The Morgan fingerprint density at radius 2 is 1.84 bits per heavy atom. The first kappa shape index (κ1) is 32.3. The maximum absolute atomic E-state index is 15.2. The van der Waals surface area contributed by atoms with E-state index in [1.54, 1.807) is 24.3 Å². The first-order valence-corrected chi connectivity index (χ1v) is 15.0. The molecule has 5 rings (SSSR count). The minimum absolute atomic E-state index is 0.0434. The average molecular weight is 734 g/mol. The summed E-state index contributed by atoms with van der Waals surface area (Å²) in [5.74, 6) is -7.32. The van der Waals surface area contributed by atoms with Crippen molar-refractivity contribution in [3.05, 3.63) is 111 Å². The van der Waals surface area contributed by atoms with Crippen LogP contribution in [-0.4, -0.2) is 45.6 Å². The van der Waals surface area contributed by atoms with Gasteiger partial charge in [-0.2, -0.15) is 0 Å². The summed E-state index contributed by atoms with van der Waals surface area (Å²) in [6.45, 7) is -0.555. The Morgan fingerprint density at radius 3 is 2.51 bits per heavy atom. The molecule has 0 radical (unpaired) electrons. The second-order valence-electron chi connectivity index (χ2n) is 10.6. The van der Waals surface area contributed by atoms with Crippen LogP contribution in [0.5, 0.6) is 0 Å². The molecule has 4 N–H and O–H groups in total. The van der Waals surface area contributed by atoms with Crippen molar-refractivity contribution in [2.24, 2.45) is 0 Å². The number of anilines is 1. The zero-order valence-electron chi connectivity index (χ0n) is 23.5. The van der Waals surface area contributed by atoms with E-state index < -0.39 is 60.5 Å². The summed E-state index contributed by atoms with van der Waals surface area (Å²) in [6, 6.07) is 14.5. The van der Waals surface area contributed by atoms with Crippen molar-refractivity contribution in [2.75, 3.05) is 12.3 Å². The van der Waals surface area contributed by atoms with Gasteiger partial charge in [-0.05, 0) is 83.5 Å². The molecule has 0 unspecified atom stereocenters. The predicted octanol–water partition coefficient (Wildman–Crippen LogP) is 6.20. The lowest BCUT2D eigenvalue weighted by molar-refractivity contribution is -0.140. The second-order valence-corrected chi connectivity index (χ2v) is 11.9. The summed E-state index contributed by atoms with van der Waals surface area (Å²) in [6.07, 6.45) is -0.854. The van der Waals surface area contributed by atoms with Gasteiger partial charge in [0.1, 0.15) is 23.1 Å². The molecule has 8 nitrogen and oxygen atoms in total. The predicted molar refractivity (Wildman–Crippen MR) is 165 cm³/mol. The Hall–Kier alpha value is -4.11. The summed E-state index contributed by atoms with van der Waals surface area (Å²) in [5, 5.41) is 12.3. The first-order valence-electron chi connectivity index (χ1n) is 13.9. The highest BCUT2D eigenvalue weighted by Gasteiger charge is 2.48. The van der Waals surface area contributed by atoms with Crippen molar-refractivity contribution in [2.45, 2.75) is 43.2 Å². The highest BCUT2D eigenvalue weighted by Crippen LogP contribution is 2.43. The maximum Gasteiger partial charge on any atom is 0.338 e. The zero-order valence-corrected chi connectivity index (χ0v) is 25.7. The van der Waals surface area contributed by atoms with Crippen molar-refractivity contribution in [3.63, 3.8) is 0 Å². The zero-order chi connectivity index (χ0) is 32.3. The number of aromatic nitrogens is 2. The number of aliphatic hydroxyl groups is 1. The highest BCUT2D eigenvalue weighted by atomic mass is 127. The van der Waals surface area contributed by atoms with E-state index in [9.17, 15) is 19.1 Å². The van der Waals surface area contributed by atoms with Crippen LogP contribution in [0.4, 0.5) is 23.4 Å². The number of nitrogens with zero attached hydrogens (tertiary/aromatic N) is 2. The topological polar surface area (TPSA) is 127 Å². The molecule has 0 aliphatic heterocycles. The van der Waals surface area contributed by atoms with E-state index in [-0.39, 0.29) is 46.7 Å². The molecule has 3 atom stereocenters. The standard InChI is InChI=1S/C32H27F4IN4O4/c33-21-10-20(11-22(37)13-21)26(16-42)41-30(43)23-8-6-18(12-24(23)34)28-29(38)39-15-25(40-28)19-7-9-27(32(35,36)14-19)45-31(44)17-4-2-1-3-5-17/h1-6,8,10-13,15,19,26-27,42H,7,9,14,16H2,(H2,38,39)(H,41,43)/t19-,26+,27-/m0/s1. The van der Waals surface area contributed by atoms with Gasteiger partial charge in [0.2, 0.25) is 0 Å². The van der Waals surface area contributed by atoms with E-state index in [1.807, 2.05) is 22.6 Å². The van der Waals surface area contributed by atoms with Crippen LogP contribution in [0.25, 0.3) is 11.3 Å². The quantitative estimate of drug-likeness (QED) is 0.112. The van der Waals surface area contributed by atoms with Crippen LogP contribution < -0.4 is 11.1 Å². The smallest absolute Gasteiger partial charge is 0.338 e. The molecule has 45 heavy (non-hydrogen) atoms. The second kappa shape index (κ2) is 13.5. The minimum Gasteiger partial charge on any atom is -0.452 e. The van der Waals surface area contributed by atoms with Crippen molar-refractivity contribution in [1.29, 1.82) is 0 Å². The molecule has 0 saturated heterocycles. The minimum atomic E-state index is -3.34. The molecule has 1 fully saturated rings. The van der Waals surface area contributed by atoms with E-state index in [2.05, 4.69) is 15.3 Å². The maximum atomic E-state index is 15.2. The number of nitrogens with one attached hydrogen (secondary N) is 1. The molecule has 1 saturated carbocycles. The molecule has 234 valence electrons. The number of halogens is 5. The number of aliphatic hydroxyl groups excluding tert-OH is 1. The average Bonchev–Trinajstić information content (AvgIpc) is 3.00. The van der Waals surface area contributed by atoms with Gasteiger partial charge in [0, 0.05) is 21.5 Å². The summed E-state index contributed by atoms with van der Waals surface area (Å²) >= 11 is 1.90. The number of carbonyl (C=O) groups excluding carboxylic acids is 2. The third-order valence-corrected chi connectivity index (χ3v) is 8.15. The summed E-state index contributed by atoms with van der Waals surface area (Å²) in [5.41, 5.74) is 6.56. The highest BCUT2D eigenvalue weighted by molar-refractivity contribution is 14.1. The number of ether oxygens (including phenoxy) is 1. The van der Waals surface area contributed by atoms with Crippen LogP contribution in [0.3, 0.4) is 0 Å². The fraction of sp³-hybridized carbons (Fsp3) is 0.250. The molecule has 1 aliphatic rings. The van der Waals surface area contributed by atoms with Crippen molar-refractivity contribution in [3.8, 4) is 11.3 Å². The largest absolute Gasteiger partial charge is 0.452 e. The van der Waals surface area contributed by atoms with Crippen LogP contribution in [0.15, 0.2) is 72.9 Å². The lowest BCUT2D eigenvalue weighted by Gasteiger charge is -2.35. The van der Waals surface area contributed by atoms with E-state index in [0.29, 0.717) is 9.13 Å². The molecule has 0 spiro atoms. The molecule has 1 aliphatic carbocycles. The molecular formula is C32H27F4IN4O4. The van der Waals surface area contributed by atoms with Gasteiger partial charge in [-0.3, -0.25) is 4.79 Å². The number of carbonyl (C=O) groups is 2. The van der Waals surface area contributed by atoms with Crippen molar-refractivity contribution >= 4 is 40.3 Å². The SMILES string of the molecule is Nc1ncc([C@H]2CC[C@H](OC(=O)c3ccccc3)C(F)(F)C2)nc1-c1ccc(C(=O)N[C@H](CO)c2cc(F)cc(I)c2)c(F)c1. The van der Waals surface area contributed by atoms with Crippen LogP contribution in [-0.2, 0) is 4.74 Å². The van der Waals surface area contributed by atoms with E-state index in [1.165, 1.54) is 36.5 Å². The normalized spacial score (nSPS) is 18.2. The molecular weight excluding hydrogens is 707 g/mol. The summed E-state index contributed by atoms with van der Waals surface area (Å²) in [7, 11) is 0. The Labute approximate surface area is 269 Å². The fourth-order valence-corrected chi connectivity index (χ4v) is 5.87. The molecule has 13 heteroatoms. The number of rotatable bonds is 8. The number of amides is 1. The van der Waals surface area contributed by atoms with Gasteiger partial charge >= 0.3 is 5.97 Å². The van der Waals surface area contributed by atoms with E-state index in [4.69, 9.17) is 10.5 Å². The van der Waals surface area contributed by atoms with E-state index in [0.717, 1.165) is 12.1 Å². The molecule has 1 aromatic heterocycles. The molecule has 0 bridgehead atoms. The number of nitrogen functional groups attached to an aromatic ring is 1. The molecule has 1 amide bonds. The molecule has 1 heterocycles. The molecule has 4 aromatic rings. The lowest BCUT2D eigenvalue weighted by Crippen LogP contribution is -2.42. The van der Waals surface area contributed by atoms with Crippen LogP contribution in [0.2, 0.25) is 0 Å². The first-order chi connectivity index (χ1) is 21.4. The van der Waals surface area contributed by atoms with E-state index >= 15 is 13.2 Å². The van der Waals surface area contributed by atoms with Crippen LogP contribution >= 0.6 is 22.6 Å². The monoisotopic (exact) mass is 734 g/mol. The van der Waals surface area contributed by atoms with Gasteiger partial charge in [-0.25, -0.2) is 32.3 Å². The Balaban J connectivity index is 1.31. The number of nitrogens with two attached hydrogens (primary N) is 1. The summed E-state index contributed by atoms with van der Waals surface area (Å²) < 4.78 is 65.1. The lowest BCUT2D eigenvalue weighted by atomic mass is 9.82. The van der Waals surface area contributed by atoms with Crippen molar-refractivity contribution in [1.82, 2.24) is 15.3 Å². The third-order valence-electron chi connectivity index (χ3n) is 7.53. The number of hydrogen-bond donors (Lipinski definition) is 3. The number of hydrogen-bond acceptors (Lipinski definition) is 7. The van der Waals surface area contributed by atoms with Gasteiger partial charge in [0.15, 0.2) is 6.10 Å². The summed E-state index contributed by atoms with van der Waals surface area (Å²) in [4.78, 5) is 33.8. The molecule has 3 aromatic carbocycles. The third kappa shape index (κ3) is 7.41. The number of esters is 1. The van der Waals surface area contributed by atoms with Gasteiger partial charge in [-0.1, -0.05) is 24.3 Å². The Morgan fingerprint density at radius 1 is 1.09 bits per heavy atom. The van der Waals surface area contributed by atoms with Gasteiger partial charge in [0.05, 0.1) is 35.7 Å². The van der Waals surface area contributed by atoms with Crippen LogP contribution in [0.1, 0.15) is 63.2 Å². The Bertz CT molecular complexity index is 1710. The van der Waals surface area contributed by atoms with Gasteiger partial charge in [0.25, 0.3) is 11.8 Å². The number of benzene rings is 3.